The third-order valence-electron chi connectivity index (χ3n) is 3.33. The standard InChI is InChI=1S/C17H28FNO/c1-4-20-11-7-8-15(13-19-12-14(2)3)16-9-5-6-10-17(16)18/h5-6,9-10,14-15,19H,4,7-8,11-13H2,1-3H3. The van der Waals surface area contributed by atoms with Gasteiger partial charge in [-0.3, -0.25) is 0 Å². The molecule has 0 fully saturated rings. The van der Waals surface area contributed by atoms with Crippen LogP contribution in [0.15, 0.2) is 24.3 Å². The third kappa shape index (κ3) is 6.49. The fourth-order valence-electron chi connectivity index (χ4n) is 2.30. The lowest BCUT2D eigenvalue weighted by atomic mass is 9.93. The van der Waals surface area contributed by atoms with Gasteiger partial charge in [0, 0.05) is 19.8 Å². The normalized spacial score (nSPS) is 12.8. The summed E-state index contributed by atoms with van der Waals surface area (Å²) < 4.78 is 19.3. The molecule has 0 radical (unpaired) electrons. The van der Waals surface area contributed by atoms with Crippen LogP contribution in [0.4, 0.5) is 4.39 Å². The maximum absolute atomic E-state index is 13.9. The first-order valence-electron chi connectivity index (χ1n) is 7.68. The van der Waals surface area contributed by atoms with Crippen LogP contribution in [-0.4, -0.2) is 26.3 Å². The first-order valence-corrected chi connectivity index (χ1v) is 7.68. The summed E-state index contributed by atoms with van der Waals surface area (Å²) in [5, 5.41) is 3.44. The van der Waals surface area contributed by atoms with Crippen molar-refractivity contribution in [3.63, 3.8) is 0 Å². The summed E-state index contributed by atoms with van der Waals surface area (Å²) in [6, 6.07) is 7.11. The minimum atomic E-state index is -0.0970. The van der Waals surface area contributed by atoms with E-state index in [1.807, 2.05) is 19.1 Å². The van der Waals surface area contributed by atoms with Crippen LogP contribution in [0.1, 0.15) is 45.1 Å². The van der Waals surface area contributed by atoms with Crippen molar-refractivity contribution >= 4 is 0 Å². The minimum absolute atomic E-state index is 0.0970. The second-order valence-electron chi connectivity index (χ2n) is 5.61. The van der Waals surface area contributed by atoms with Crippen molar-refractivity contribution in [2.75, 3.05) is 26.3 Å². The largest absolute Gasteiger partial charge is 0.382 e. The van der Waals surface area contributed by atoms with E-state index in [2.05, 4.69) is 19.2 Å². The molecular weight excluding hydrogens is 253 g/mol. The first-order chi connectivity index (χ1) is 9.65. The molecule has 0 spiro atoms. The summed E-state index contributed by atoms with van der Waals surface area (Å²) in [6.45, 7) is 9.65. The number of nitrogens with one attached hydrogen (secondary N) is 1. The van der Waals surface area contributed by atoms with Crippen LogP contribution >= 0.6 is 0 Å². The van der Waals surface area contributed by atoms with Gasteiger partial charge in [-0.1, -0.05) is 32.0 Å². The van der Waals surface area contributed by atoms with Gasteiger partial charge in [-0.15, -0.1) is 0 Å². The Morgan fingerprint density at radius 3 is 2.60 bits per heavy atom. The number of ether oxygens (including phenoxy) is 1. The average molecular weight is 281 g/mol. The van der Waals surface area contributed by atoms with Gasteiger partial charge in [-0.2, -0.15) is 0 Å². The highest BCUT2D eigenvalue weighted by atomic mass is 19.1. The van der Waals surface area contributed by atoms with Gasteiger partial charge in [-0.05, 0) is 49.8 Å². The quantitative estimate of drug-likeness (QED) is 0.655. The lowest BCUT2D eigenvalue weighted by Crippen LogP contribution is -2.26. The Balaban J connectivity index is 2.56. The van der Waals surface area contributed by atoms with E-state index in [4.69, 9.17) is 4.74 Å². The lowest BCUT2D eigenvalue weighted by molar-refractivity contribution is 0.141. The van der Waals surface area contributed by atoms with E-state index in [9.17, 15) is 4.39 Å². The van der Waals surface area contributed by atoms with E-state index in [1.54, 1.807) is 12.1 Å². The van der Waals surface area contributed by atoms with Gasteiger partial charge in [0.25, 0.3) is 0 Å². The van der Waals surface area contributed by atoms with Crippen LogP contribution in [0, 0.1) is 11.7 Å². The fraction of sp³-hybridized carbons (Fsp3) is 0.647. The van der Waals surface area contributed by atoms with Crippen LogP contribution in [-0.2, 0) is 4.74 Å². The summed E-state index contributed by atoms with van der Waals surface area (Å²) in [5.74, 6) is 0.732. The average Bonchev–Trinajstić information content (AvgIpc) is 2.42. The van der Waals surface area contributed by atoms with E-state index >= 15 is 0 Å². The van der Waals surface area contributed by atoms with Crippen molar-refractivity contribution in [1.82, 2.24) is 5.32 Å². The molecular formula is C17H28FNO. The Labute approximate surface area is 122 Å². The molecule has 1 aromatic carbocycles. The summed E-state index contributed by atoms with van der Waals surface area (Å²) >= 11 is 0. The van der Waals surface area contributed by atoms with Gasteiger partial charge < -0.3 is 10.1 Å². The Morgan fingerprint density at radius 2 is 1.95 bits per heavy atom. The molecule has 0 amide bonds. The van der Waals surface area contributed by atoms with Gasteiger partial charge in [0.2, 0.25) is 0 Å². The fourth-order valence-corrected chi connectivity index (χ4v) is 2.30. The van der Waals surface area contributed by atoms with E-state index in [-0.39, 0.29) is 11.7 Å². The molecule has 1 N–H and O–H groups in total. The number of halogens is 1. The molecule has 0 saturated heterocycles. The zero-order chi connectivity index (χ0) is 14.8. The van der Waals surface area contributed by atoms with Crippen LogP contribution in [0.25, 0.3) is 0 Å². The van der Waals surface area contributed by atoms with E-state index in [1.165, 1.54) is 0 Å². The number of rotatable bonds is 10. The molecule has 0 aliphatic rings. The molecule has 20 heavy (non-hydrogen) atoms. The van der Waals surface area contributed by atoms with E-state index in [0.717, 1.165) is 44.7 Å². The maximum Gasteiger partial charge on any atom is 0.126 e. The van der Waals surface area contributed by atoms with Gasteiger partial charge in [0.1, 0.15) is 5.82 Å². The SMILES string of the molecule is CCOCCCC(CNCC(C)C)c1ccccc1F. The maximum atomic E-state index is 13.9. The summed E-state index contributed by atoms with van der Waals surface area (Å²) in [6.07, 6.45) is 1.92. The van der Waals surface area contributed by atoms with Crippen molar-refractivity contribution < 1.29 is 9.13 Å². The van der Waals surface area contributed by atoms with Crippen LogP contribution in [0.3, 0.4) is 0 Å². The molecule has 0 aliphatic heterocycles. The molecule has 0 aromatic heterocycles. The van der Waals surface area contributed by atoms with Crippen molar-refractivity contribution in [2.45, 2.75) is 39.5 Å². The Hall–Kier alpha value is -0.930. The van der Waals surface area contributed by atoms with Crippen molar-refractivity contribution in [2.24, 2.45) is 5.92 Å². The smallest absolute Gasteiger partial charge is 0.126 e. The molecule has 2 nitrogen and oxygen atoms in total. The van der Waals surface area contributed by atoms with Crippen LogP contribution in [0.5, 0.6) is 0 Å². The zero-order valence-corrected chi connectivity index (χ0v) is 13.0. The second kappa shape index (κ2) is 9.89. The molecule has 1 rings (SSSR count). The van der Waals surface area contributed by atoms with Crippen molar-refractivity contribution in [1.29, 1.82) is 0 Å². The Morgan fingerprint density at radius 1 is 1.20 bits per heavy atom. The van der Waals surface area contributed by atoms with E-state index < -0.39 is 0 Å². The second-order valence-corrected chi connectivity index (χ2v) is 5.61. The number of hydrogen-bond acceptors (Lipinski definition) is 2. The Bertz CT molecular complexity index is 368. The van der Waals surface area contributed by atoms with Crippen molar-refractivity contribution in [3.05, 3.63) is 35.6 Å². The number of benzene rings is 1. The summed E-state index contributed by atoms with van der Waals surface area (Å²) in [4.78, 5) is 0. The molecule has 0 bridgehead atoms. The van der Waals surface area contributed by atoms with Crippen molar-refractivity contribution in [3.8, 4) is 0 Å². The topological polar surface area (TPSA) is 21.3 Å². The zero-order valence-electron chi connectivity index (χ0n) is 13.0. The molecule has 3 heteroatoms. The van der Waals surface area contributed by atoms with Crippen LogP contribution < -0.4 is 5.32 Å². The third-order valence-corrected chi connectivity index (χ3v) is 3.33. The van der Waals surface area contributed by atoms with Gasteiger partial charge in [-0.25, -0.2) is 4.39 Å². The highest BCUT2D eigenvalue weighted by Gasteiger charge is 2.15. The predicted octanol–water partition coefficient (Wildman–Crippen LogP) is 3.97. The summed E-state index contributed by atoms with van der Waals surface area (Å²) in [7, 11) is 0. The van der Waals surface area contributed by atoms with Crippen LogP contribution in [0.2, 0.25) is 0 Å². The molecule has 0 saturated carbocycles. The highest BCUT2D eigenvalue weighted by Crippen LogP contribution is 2.23. The predicted molar refractivity (Wildman–Crippen MR) is 82.6 cm³/mol. The first kappa shape index (κ1) is 17.1. The van der Waals surface area contributed by atoms with Gasteiger partial charge in [0.15, 0.2) is 0 Å². The van der Waals surface area contributed by atoms with Gasteiger partial charge >= 0.3 is 0 Å². The monoisotopic (exact) mass is 281 g/mol. The Kier molecular flexibility index (Phi) is 8.47. The molecule has 1 unspecified atom stereocenters. The summed E-state index contributed by atoms with van der Waals surface area (Å²) in [5.41, 5.74) is 0.820. The minimum Gasteiger partial charge on any atom is -0.382 e. The molecule has 0 aliphatic carbocycles. The van der Waals surface area contributed by atoms with Gasteiger partial charge in [0.05, 0.1) is 0 Å². The highest BCUT2D eigenvalue weighted by molar-refractivity contribution is 5.22. The molecule has 1 aromatic rings. The molecule has 0 heterocycles. The molecule has 114 valence electrons. The lowest BCUT2D eigenvalue weighted by Gasteiger charge is -2.19. The van der Waals surface area contributed by atoms with E-state index in [0.29, 0.717) is 5.92 Å². The molecule has 1 atom stereocenters. The number of hydrogen-bond donors (Lipinski definition) is 1.